The second-order valence-corrected chi connectivity index (χ2v) is 6.74. The van der Waals surface area contributed by atoms with E-state index in [0.717, 1.165) is 13.1 Å². The van der Waals surface area contributed by atoms with Crippen LogP contribution in [0.3, 0.4) is 0 Å². The molecule has 26 heavy (non-hydrogen) atoms. The highest BCUT2D eigenvalue weighted by Gasteiger charge is 2.35. The van der Waals surface area contributed by atoms with E-state index in [2.05, 4.69) is 15.7 Å². The van der Waals surface area contributed by atoms with Gasteiger partial charge in [0, 0.05) is 37.8 Å². The average molecular weight is 385 g/mol. The molecule has 0 aromatic carbocycles. The number of hydrogen-bond donors (Lipinski definition) is 4. The van der Waals surface area contributed by atoms with E-state index < -0.39 is 29.7 Å². The minimum Gasteiger partial charge on any atom is -0.390 e. The molecule has 0 unspecified atom stereocenters. The summed E-state index contributed by atoms with van der Waals surface area (Å²) >= 11 is 5.25. The maximum Gasteiger partial charge on any atom is 0.330 e. The topological polar surface area (TPSA) is 121 Å². The average Bonchev–Trinajstić information content (AvgIpc) is 2.98. The van der Waals surface area contributed by atoms with Crippen molar-refractivity contribution in [3.05, 3.63) is 32.6 Å². The Bertz CT molecular complexity index is 760. The molecule has 144 valence electrons. The minimum atomic E-state index is -0.752. The highest BCUT2D eigenvalue weighted by molar-refractivity contribution is 7.80. The molecule has 0 spiro atoms. The van der Waals surface area contributed by atoms with Gasteiger partial charge in [0.25, 0.3) is 5.56 Å². The maximum atomic E-state index is 12.0. The fraction of sp³-hybridized carbons (Fsp3) is 0.667. The van der Waals surface area contributed by atoms with Gasteiger partial charge in [0.15, 0.2) is 5.11 Å². The molecule has 2 aliphatic rings. The van der Waals surface area contributed by atoms with Crippen LogP contribution in [0.1, 0.15) is 18.2 Å². The van der Waals surface area contributed by atoms with E-state index in [0.29, 0.717) is 30.4 Å². The van der Waals surface area contributed by atoms with Crippen LogP contribution < -0.4 is 22.0 Å². The Hall–Kier alpha value is -1.79. The van der Waals surface area contributed by atoms with Crippen LogP contribution in [0, 0.1) is 6.92 Å². The first-order chi connectivity index (χ1) is 12.4. The van der Waals surface area contributed by atoms with E-state index in [1.807, 2.05) is 5.01 Å². The predicted molar refractivity (Wildman–Crippen MR) is 96.7 cm³/mol. The third kappa shape index (κ3) is 4.48. The van der Waals surface area contributed by atoms with Crippen LogP contribution in [-0.4, -0.2) is 69.8 Å². The summed E-state index contributed by atoms with van der Waals surface area (Å²) in [4.78, 5) is 25.7. The third-order valence-electron chi connectivity index (χ3n) is 4.39. The maximum absolute atomic E-state index is 12.0. The molecule has 3 heterocycles. The van der Waals surface area contributed by atoms with Crippen LogP contribution in [0.5, 0.6) is 0 Å². The normalized spacial score (nSPS) is 26.6. The van der Waals surface area contributed by atoms with Gasteiger partial charge in [0.05, 0.1) is 19.3 Å². The highest BCUT2D eigenvalue weighted by Crippen LogP contribution is 2.27. The molecule has 1 aromatic heterocycles. The molecule has 0 aliphatic carbocycles. The van der Waals surface area contributed by atoms with E-state index in [4.69, 9.17) is 21.7 Å². The number of H-pyrrole nitrogens is 1. The van der Waals surface area contributed by atoms with E-state index in [1.165, 1.54) is 10.8 Å². The Morgan fingerprint density at radius 1 is 1.42 bits per heavy atom. The molecule has 0 bridgehead atoms. The van der Waals surface area contributed by atoms with Gasteiger partial charge < -0.3 is 19.9 Å². The first kappa shape index (κ1) is 19.0. The van der Waals surface area contributed by atoms with Gasteiger partial charge in [-0.15, -0.1) is 0 Å². The summed E-state index contributed by atoms with van der Waals surface area (Å²) in [6.45, 7) is 4.67. The third-order valence-corrected chi connectivity index (χ3v) is 4.63. The number of thiocarbonyl (C=S) groups is 1. The van der Waals surface area contributed by atoms with Crippen LogP contribution in [-0.2, 0) is 9.47 Å². The number of hydrogen-bond acceptors (Lipinski definition) is 7. The molecule has 3 rings (SSSR count). The predicted octanol–water partition coefficient (Wildman–Crippen LogP) is -1.80. The summed E-state index contributed by atoms with van der Waals surface area (Å²) in [7, 11) is 0. The van der Waals surface area contributed by atoms with Crippen LogP contribution in [0.4, 0.5) is 0 Å². The van der Waals surface area contributed by atoms with Crippen LogP contribution in [0.15, 0.2) is 15.8 Å². The summed E-state index contributed by atoms with van der Waals surface area (Å²) in [5.41, 5.74) is 2.48. The molecular formula is C15H23N5O5S. The molecule has 3 atom stereocenters. The number of nitrogens with one attached hydrogen (secondary N) is 3. The van der Waals surface area contributed by atoms with Gasteiger partial charge in [-0.25, -0.2) is 9.80 Å². The van der Waals surface area contributed by atoms with Gasteiger partial charge in [-0.3, -0.25) is 19.8 Å². The monoisotopic (exact) mass is 385 g/mol. The summed E-state index contributed by atoms with van der Waals surface area (Å²) in [5.74, 6) is 0. The van der Waals surface area contributed by atoms with Gasteiger partial charge >= 0.3 is 5.69 Å². The second kappa shape index (κ2) is 8.27. The van der Waals surface area contributed by atoms with E-state index in [1.54, 1.807) is 6.92 Å². The van der Waals surface area contributed by atoms with Crippen molar-refractivity contribution in [3.8, 4) is 0 Å². The van der Waals surface area contributed by atoms with Crippen molar-refractivity contribution in [2.45, 2.75) is 31.8 Å². The first-order valence-electron chi connectivity index (χ1n) is 8.47. The zero-order valence-corrected chi connectivity index (χ0v) is 15.3. The van der Waals surface area contributed by atoms with Gasteiger partial charge in [-0.1, -0.05) is 0 Å². The largest absolute Gasteiger partial charge is 0.390 e. The molecule has 10 nitrogen and oxygen atoms in total. The molecular weight excluding hydrogens is 362 g/mol. The Morgan fingerprint density at radius 3 is 2.88 bits per heavy atom. The van der Waals surface area contributed by atoms with Gasteiger partial charge in [-0.05, 0) is 19.1 Å². The molecule has 2 aliphatic heterocycles. The fourth-order valence-electron chi connectivity index (χ4n) is 2.92. The number of nitrogens with zero attached hydrogens (tertiary/aromatic N) is 2. The molecule has 4 N–H and O–H groups in total. The lowest BCUT2D eigenvalue weighted by atomic mass is 10.2. The van der Waals surface area contributed by atoms with Gasteiger partial charge in [0.1, 0.15) is 12.3 Å². The summed E-state index contributed by atoms with van der Waals surface area (Å²) < 4.78 is 12.3. The Balaban J connectivity index is 1.54. The smallest absolute Gasteiger partial charge is 0.330 e. The second-order valence-electron chi connectivity index (χ2n) is 6.33. The quantitative estimate of drug-likeness (QED) is 0.445. The number of aromatic amines is 1. The van der Waals surface area contributed by atoms with Crippen molar-refractivity contribution >= 4 is 17.3 Å². The molecule has 11 heteroatoms. The first-order valence-corrected chi connectivity index (χ1v) is 8.87. The Kier molecular flexibility index (Phi) is 6.04. The van der Waals surface area contributed by atoms with Crippen molar-refractivity contribution in [3.63, 3.8) is 0 Å². The SMILES string of the molecule is Cc1cn([C@@H]2C[C@H](O)[C@@H](CNC(=S)NN3CCOCC3)O2)c(=O)[nH]c1=O. The van der Waals surface area contributed by atoms with Gasteiger partial charge in [-0.2, -0.15) is 0 Å². The number of aliphatic hydroxyl groups excluding tert-OH is 1. The number of aromatic nitrogens is 2. The summed E-state index contributed by atoms with van der Waals surface area (Å²) in [5, 5.41) is 15.6. The van der Waals surface area contributed by atoms with Crippen LogP contribution in [0.2, 0.25) is 0 Å². The molecule has 1 aromatic rings. The van der Waals surface area contributed by atoms with Crippen molar-refractivity contribution < 1.29 is 14.6 Å². The zero-order valence-electron chi connectivity index (χ0n) is 14.4. The molecule has 0 amide bonds. The number of hydrazine groups is 1. The molecule has 0 radical (unpaired) electrons. The number of aryl methyl sites for hydroxylation is 1. The van der Waals surface area contributed by atoms with Crippen LogP contribution in [0.25, 0.3) is 0 Å². The fourth-order valence-corrected chi connectivity index (χ4v) is 3.13. The van der Waals surface area contributed by atoms with Crippen molar-refractivity contribution in [2.75, 3.05) is 32.8 Å². The summed E-state index contributed by atoms with van der Waals surface area (Å²) in [6.07, 6.45) is -0.220. The van der Waals surface area contributed by atoms with E-state index in [9.17, 15) is 14.7 Å². The zero-order chi connectivity index (χ0) is 18.7. The van der Waals surface area contributed by atoms with Crippen molar-refractivity contribution in [1.82, 2.24) is 25.3 Å². The van der Waals surface area contributed by atoms with Gasteiger partial charge in [0.2, 0.25) is 0 Å². The number of ether oxygens (including phenoxy) is 2. The lowest BCUT2D eigenvalue weighted by Crippen LogP contribution is -2.52. The van der Waals surface area contributed by atoms with Crippen LogP contribution >= 0.6 is 12.2 Å². The Labute approximate surface area is 155 Å². The molecule has 0 saturated carbocycles. The number of morpholine rings is 1. The summed E-state index contributed by atoms with van der Waals surface area (Å²) in [6, 6.07) is 0. The Morgan fingerprint density at radius 2 is 2.15 bits per heavy atom. The number of aliphatic hydroxyl groups is 1. The lowest BCUT2D eigenvalue weighted by molar-refractivity contribution is -0.0177. The van der Waals surface area contributed by atoms with Crippen molar-refractivity contribution in [2.24, 2.45) is 0 Å². The number of rotatable bonds is 4. The van der Waals surface area contributed by atoms with Crippen molar-refractivity contribution in [1.29, 1.82) is 0 Å². The van der Waals surface area contributed by atoms with E-state index >= 15 is 0 Å². The molecule has 2 fully saturated rings. The lowest BCUT2D eigenvalue weighted by Gasteiger charge is -2.28. The minimum absolute atomic E-state index is 0.251. The standard InChI is InChI=1S/C15H23N5O5S/c1-9-8-20(15(23)17-13(9)22)12-6-10(21)11(25-12)7-16-14(26)18-19-2-4-24-5-3-19/h8,10-12,21H,2-7H2,1H3,(H2,16,18,26)(H,17,22,23)/t10-,11+,12-/m0/s1. The highest BCUT2D eigenvalue weighted by atomic mass is 32.1. The molecule has 2 saturated heterocycles. The van der Waals surface area contributed by atoms with E-state index in [-0.39, 0.29) is 6.42 Å².